The molecule has 4 aromatic carbocycles. The zero-order chi connectivity index (χ0) is 33.9. The van der Waals surface area contributed by atoms with Crippen LogP contribution in [0, 0.1) is 6.92 Å². The van der Waals surface area contributed by atoms with Crippen LogP contribution in [0.2, 0.25) is 0 Å². The Labute approximate surface area is 284 Å². The van der Waals surface area contributed by atoms with Crippen molar-refractivity contribution in [3.8, 4) is 5.75 Å². The van der Waals surface area contributed by atoms with Crippen LogP contribution in [-0.2, 0) is 32.6 Å². The molecule has 0 saturated heterocycles. The van der Waals surface area contributed by atoms with Crippen molar-refractivity contribution in [2.75, 3.05) is 17.5 Å². The topological polar surface area (TPSA) is 96.0 Å². The SMILES string of the molecule is CCOc1ccccc1N(CC(=O)N(Cc1ccccc1)[C@@H](Cc1ccccc1)C(=O)NC1CCCCC1)S(=O)(=O)c1ccc(C)cc1. The lowest BCUT2D eigenvalue weighted by Gasteiger charge is -2.35. The average molecular weight is 668 g/mol. The van der Waals surface area contributed by atoms with Crippen LogP contribution in [-0.4, -0.2) is 50.4 Å². The molecular weight excluding hydrogens is 623 g/mol. The van der Waals surface area contributed by atoms with Crippen LogP contribution in [0.1, 0.15) is 55.7 Å². The van der Waals surface area contributed by atoms with Gasteiger partial charge in [0.05, 0.1) is 17.2 Å². The predicted molar refractivity (Wildman–Crippen MR) is 189 cm³/mol. The highest BCUT2D eigenvalue weighted by Gasteiger charge is 2.36. The molecule has 0 unspecified atom stereocenters. The van der Waals surface area contributed by atoms with E-state index in [2.05, 4.69) is 5.32 Å². The minimum absolute atomic E-state index is 0.0367. The first-order valence-corrected chi connectivity index (χ1v) is 18.2. The maximum Gasteiger partial charge on any atom is 0.264 e. The first-order chi connectivity index (χ1) is 23.3. The molecular formula is C39H45N3O5S. The Kier molecular flexibility index (Phi) is 11.9. The number of para-hydroxylation sites is 2. The molecule has 252 valence electrons. The molecule has 0 radical (unpaired) electrons. The van der Waals surface area contributed by atoms with Crippen LogP contribution in [0.15, 0.2) is 114 Å². The van der Waals surface area contributed by atoms with Crippen molar-refractivity contribution in [2.45, 2.75) is 75.9 Å². The summed E-state index contributed by atoms with van der Waals surface area (Å²) in [6, 6.07) is 31.6. The van der Waals surface area contributed by atoms with Gasteiger partial charge in [-0.25, -0.2) is 8.42 Å². The molecule has 0 spiro atoms. The molecule has 1 saturated carbocycles. The normalized spacial score (nSPS) is 14.1. The molecule has 0 bridgehead atoms. The third-order valence-electron chi connectivity index (χ3n) is 8.74. The van der Waals surface area contributed by atoms with E-state index >= 15 is 0 Å². The Bertz CT molecular complexity index is 1740. The summed E-state index contributed by atoms with van der Waals surface area (Å²) in [4.78, 5) is 30.6. The number of rotatable bonds is 14. The number of aryl methyl sites for hydroxylation is 1. The smallest absolute Gasteiger partial charge is 0.264 e. The van der Waals surface area contributed by atoms with Crippen LogP contribution in [0.5, 0.6) is 5.75 Å². The van der Waals surface area contributed by atoms with Gasteiger partial charge in [-0.3, -0.25) is 13.9 Å². The number of benzene rings is 4. The summed E-state index contributed by atoms with van der Waals surface area (Å²) in [6.07, 6.45) is 5.31. The van der Waals surface area contributed by atoms with E-state index in [0.717, 1.165) is 53.1 Å². The van der Waals surface area contributed by atoms with Crippen molar-refractivity contribution in [1.29, 1.82) is 0 Å². The van der Waals surface area contributed by atoms with Gasteiger partial charge in [0.1, 0.15) is 18.3 Å². The fourth-order valence-electron chi connectivity index (χ4n) is 6.17. The van der Waals surface area contributed by atoms with Crippen molar-refractivity contribution in [2.24, 2.45) is 0 Å². The fraction of sp³-hybridized carbons (Fsp3) is 0.333. The Balaban J connectivity index is 1.58. The van der Waals surface area contributed by atoms with Crippen molar-refractivity contribution in [3.05, 3.63) is 126 Å². The highest BCUT2D eigenvalue weighted by molar-refractivity contribution is 7.92. The molecule has 9 heteroatoms. The second-order valence-corrected chi connectivity index (χ2v) is 14.1. The Morgan fingerprint density at radius 2 is 1.42 bits per heavy atom. The van der Waals surface area contributed by atoms with E-state index < -0.39 is 28.5 Å². The maximum absolute atomic E-state index is 14.8. The minimum Gasteiger partial charge on any atom is -0.492 e. The molecule has 5 rings (SSSR count). The summed E-state index contributed by atoms with van der Waals surface area (Å²) in [5.41, 5.74) is 2.89. The average Bonchev–Trinajstić information content (AvgIpc) is 3.10. The summed E-state index contributed by atoms with van der Waals surface area (Å²) in [6.45, 7) is 3.61. The summed E-state index contributed by atoms with van der Waals surface area (Å²) in [5.74, 6) is -0.396. The van der Waals surface area contributed by atoms with Crippen molar-refractivity contribution in [3.63, 3.8) is 0 Å². The molecule has 1 N–H and O–H groups in total. The molecule has 2 amide bonds. The van der Waals surface area contributed by atoms with Gasteiger partial charge in [0.15, 0.2) is 0 Å². The molecule has 1 atom stereocenters. The Morgan fingerprint density at radius 1 is 0.812 bits per heavy atom. The van der Waals surface area contributed by atoms with E-state index in [0.29, 0.717) is 12.4 Å². The molecule has 0 aromatic heterocycles. The maximum atomic E-state index is 14.8. The predicted octanol–water partition coefficient (Wildman–Crippen LogP) is 6.68. The lowest BCUT2D eigenvalue weighted by Crippen LogP contribution is -2.55. The number of hydrogen-bond donors (Lipinski definition) is 1. The van der Waals surface area contributed by atoms with Crippen molar-refractivity contribution in [1.82, 2.24) is 10.2 Å². The minimum atomic E-state index is -4.24. The quantitative estimate of drug-likeness (QED) is 0.162. The van der Waals surface area contributed by atoms with Gasteiger partial charge in [0.2, 0.25) is 11.8 Å². The molecule has 1 aliphatic rings. The molecule has 4 aromatic rings. The Morgan fingerprint density at radius 3 is 2.06 bits per heavy atom. The summed E-state index contributed by atoms with van der Waals surface area (Å²) < 4.78 is 35.8. The van der Waals surface area contributed by atoms with Crippen LogP contribution < -0.4 is 14.4 Å². The zero-order valence-corrected chi connectivity index (χ0v) is 28.6. The van der Waals surface area contributed by atoms with Gasteiger partial charge in [0, 0.05) is 19.0 Å². The Hall–Kier alpha value is -4.63. The summed E-state index contributed by atoms with van der Waals surface area (Å²) >= 11 is 0. The number of amides is 2. The van der Waals surface area contributed by atoms with Crippen molar-refractivity contribution >= 4 is 27.5 Å². The third kappa shape index (κ3) is 8.83. The molecule has 0 heterocycles. The second kappa shape index (κ2) is 16.5. The largest absolute Gasteiger partial charge is 0.492 e. The van der Waals surface area contributed by atoms with Gasteiger partial charge in [0.25, 0.3) is 10.0 Å². The van der Waals surface area contributed by atoms with Crippen LogP contribution in [0.25, 0.3) is 0 Å². The van der Waals surface area contributed by atoms with E-state index in [9.17, 15) is 18.0 Å². The van der Waals surface area contributed by atoms with Gasteiger partial charge in [-0.2, -0.15) is 0 Å². The highest BCUT2D eigenvalue weighted by atomic mass is 32.2. The van der Waals surface area contributed by atoms with E-state index in [1.807, 2.05) is 74.5 Å². The summed E-state index contributed by atoms with van der Waals surface area (Å²) in [7, 11) is -4.24. The fourth-order valence-corrected chi connectivity index (χ4v) is 7.59. The zero-order valence-electron chi connectivity index (χ0n) is 27.8. The first kappa shape index (κ1) is 34.7. The highest BCUT2D eigenvalue weighted by Crippen LogP contribution is 2.33. The molecule has 8 nitrogen and oxygen atoms in total. The van der Waals surface area contributed by atoms with E-state index in [1.165, 1.54) is 0 Å². The van der Waals surface area contributed by atoms with Gasteiger partial charge in [-0.15, -0.1) is 0 Å². The van der Waals surface area contributed by atoms with Crippen LogP contribution >= 0.6 is 0 Å². The first-order valence-electron chi connectivity index (χ1n) is 16.7. The number of sulfonamides is 1. The third-order valence-corrected chi connectivity index (χ3v) is 10.5. The monoisotopic (exact) mass is 667 g/mol. The molecule has 1 aliphatic carbocycles. The van der Waals surface area contributed by atoms with E-state index in [1.54, 1.807) is 53.4 Å². The van der Waals surface area contributed by atoms with Crippen molar-refractivity contribution < 1.29 is 22.7 Å². The van der Waals surface area contributed by atoms with E-state index in [4.69, 9.17) is 4.74 Å². The number of carbonyl (C=O) groups excluding carboxylic acids is 2. The standard InChI is InChI=1S/C39H45N3O5S/c1-3-47-37-22-14-13-21-35(37)42(48(45,46)34-25-23-30(2)24-26-34)29-38(43)41(28-32-17-9-5-10-18-32)36(27-31-15-7-4-8-16-31)39(44)40-33-19-11-6-12-20-33/h4-5,7-10,13-18,21-26,33,36H,3,6,11-12,19-20,27-29H2,1-2H3,(H,40,44)/t36-/m0/s1. The molecule has 48 heavy (non-hydrogen) atoms. The van der Waals surface area contributed by atoms with Gasteiger partial charge < -0.3 is 15.0 Å². The van der Waals surface area contributed by atoms with Gasteiger partial charge in [-0.05, 0) is 62.1 Å². The second-order valence-electron chi connectivity index (χ2n) is 12.3. The van der Waals surface area contributed by atoms with Crippen LogP contribution in [0.3, 0.4) is 0 Å². The lowest BCUT2D eigenvalue weighted by molar-refractivity contribution is -0.140. The number of ether oxygens (including phenoxy) is 1. The van der Waals surface area contributed by atoms with E-state index in [-0.39, 0.29) is 35.5 Å². The number of anilines is 1. The van der Waals surface area contributed by atoms with Gasteiger partial charge >= 0.3 is 0 Å². The van der Waals surface area contributed by atoms with Crippen LogP contribution in [0.4, 0.5) is 5.69 Å². The lowest BCUT2D eigenvalue weighted by atomic mass is 9.94. The number of nitrogens with one attached hydrogen (secondary N) is 1. The molecule has 0 aliphatic heterocycles. The summed E-state index contributed by atoms with van der Waals surface area (Å²) in [5, 5.41) is 3.25. The number of carbonyl (C=O) groups is 2. The van der Waals surface area contributed by atoms with Gasteiger partial charge in [-0.1, -0.05) is 110 Å². The number of nitrogens with zero attached hydrogens (tertiary/aromatic N) is 2. The molecule has 1 fully saturated rings. The number of hydrogen-bond acceptors (Lipinski definition) is 5.